The number of rotatable bonds is 2. The second-order valence-electron chi connectivity index (χ2n) is 5.35. The minimum absolute atomic E-state index is 0.200. The molecule has 0 amide bonds. The molecule has 8 heteroatoms. The summed E-state index contributed by atoms with van der Waals surface area (Å²) in [5, 5.41) is 10.5. The van der Waals surface area contributed by atoms with Crippen LogP contribution >= 0.6 is 15.9 Å². The van der Waals surface area contributed by atoms with Gasteiger partial charge in [-0.2, -0.15) is 0 Å². The van der Waals surface area contributed by atoms with Crippen LogP contribution < -0.4 is 5.32 Å². The topological polar surface area (TPSA) is 61.7 Å². The first kappa shape index (κ1) is 15.9. The monoisotopic (exact) mass is 384 g/mol. The summed E-state index contributed by atoms with van der Waals surface area (Å²) >= 11 is 3.18. The highest BCUT2D eigenvalue weighted by Gasteiger charge is 2.48. The van der Waals surface area contributed by atoms with Crippen LogP contribution in [0.5, 0.6) is 0 Å². The summed E-state index contributed by atoms with van der Waals surface area (Å²) in [4.78, 5) is 8.14. The van der Waals surface area contributed by atoms with E-state index in [9.17, 15) is 13.2 Å². The van der Waals surface area contributed by atoms with Gasteiger partial charge < -0.3 is 5.32 Å². The van der Waals surface area contributed by atoms with E-state index in [4.69, 9.17) is 5.41 Å². The third-order valence-electron chi connectivity index (χ3n) is 3.83. The average molecular weight is 385 g/mol. The molecule has 4 nitrogen and oxygen atoms in total. The molecule has 0 aliphatic carbocycles. The van der Waals surface area contributed by atoms with Gasteiger partial charge in [0.2, 0.25) is 0 Å². The number of nitrogens with one attached hydrogen (secondary N) is 2. The normalized spacial score (nSPS) is 20.3. The van der Waals surface area contributed by atoms with Gasteiger partial charge in [-0.25, -0.2) is 23.1 Å². The standard InChI is InChI=1S/C15H12BrF3N4/c1-7-21-6-9-12(22-7)5-15(14(18)19,23-13(9)20)10-4-8(16)2-3-11(10)17/h2-4,6,14H,5H2,1H3,(H2,20,23). The smallest absolute Gasteiger partial charge is 0.265 e. The Kier molecular flexibility index (Phi) is 3.87. The Balaban J connectivity index is 2.21. The Morgan fingerprint density at radius 2 is 2.13 bits per heavy atom. The molecule has 1 aromatic heterocycles. The fraction of sp³-hybridized carbons (Fsp3) is 0.267. The highest BCUT2D eigenvalue weighted by Crippen LogP contribution is 2.38. The van der Waals surface area contributed by atoms with Crippen LogP contribution in [0, 0.1) is 18.2 Å². The molecule has 0 spiro atoms. The van der Waals surface area contributed by atoms with Crippen molar-refractivity contribution in [3.05, 3.63) is 57.3 Å². The van der Waals surface area contributed by atoms with E-state index in [1.165, 1.54) is 18.3 Å². The van der Waals surface area contributed by atoms with E-state index in [0.717, 1.165) is 6.07 Å². The number of halogens is 4. The van der Waals surface area contributed by atoms with Crippen molar-refractivity contribution < 1.29 is 13.2 Å². The van der Waals surface area contributed by atoms with Gasteiger partial charge >= 0.3 is 0 Å². The largest absolute Gasteiger partial charge is 0.355 e. The summed E-state index contributed by atoms with van der Waals surface area (Å²) in [5.74, 6) is -0.592. The minimum atomic E-state index is -2.94. The summed E-state index contributed by atoms with van der Waals surface area (Å²) in [6, 6.07) is 3.86. The number of aromatic nitrogens is 2. The zero-order valence-corrected chi connectivity index (χ0v) is 13.6. The molecule has 120 valence electrons. The van der Waals surface area contributed by atoms with Crippen LogP contribution in [0.2, 0.25) is 0 Å². The molecular weight excluding hydrogens is 373 g/mol. The van der Waals surface area contributed by atoms with Gasteiger partial charge in [-0.1, -0.05) is 15.9 Å². The van der Waals surface area contributed by atoms with Crippen molar-refractivity contribution in [1.29, 1.82) is 5.41 Å². The first-order valence-electron chi connectivity index (χ1n) is 6.77. The third kappa shape index (κ3) is 2.60. The quantitative estimate of drug-likeness (QED) is 0.834. The van der Waals surface area contributed by atoms with Gasteiger partial charge in [-0.05, 0) is 25.1 Å². The summed E-state index contributed by atoms with van der Waals surface area (Å²) in [6.45, 7) is 1.63. The zero-order valence-electron chi connectivity index (χ0n) is 12.0. The molecule has 23 heavy (non-hydrogen) atoms. The molecule has 2 aromatic rings. The summed E-state index contributed by atoms with van der Waals surface area (Å²) in [6.07, 6.45) is -1.76. The Morgan fingerprint density at radius 1 is 1.39 bits per heavy atom. The van der Waals surface area contributed by atoms with Gasteiger partial charge in [-0.3, -0.25) is 5.41 Å². The molecular formula is C15H12BrF3N4. The van der Waals surface area contributed by atoms with Crippen LogP contribution in [0.25, 0.3) is 0 Å². The van der Waals surface area contributed by atoms with Crippen molar-refractivity contribution in [3.63, 3.8) is 0 Å². The van der Waals surface area contributed by atoms with Crippen molar-refractivity contribution in [1.82, 2.24) is 15.3 Å². The summed E-state index contributed by atoms with van der Waals surface area (Å²) in [5.41, 5.74) is -1.59. The molecule has 2 heterocycles. The van der Waals surface area contributed by atoms with E-state index < -0.39 is 17.8 Å². The number of benzene rings is 1. The SMILES string of the molecule is Cc1ncc2c(n1)CC(c1cc(Br)ccc1F)(C(F)F)NC2=N. The lowest BCUT2D eigenvalue weighted by atomic mass is 9.81. The predicted molar refractivity (Wildman–Crippen MR) is 82.2 cm³/mol. The molecule has 0 saturated carbocycles. The first-order chi connectivity index (χ1) is 10.8. The van der Waals surface area contributed by atoms with Crippen molar-refractivity contribution in [2.45, 2.75) is 25.3 Å². The fourth-order valence-corrected chi connectivity index (χ4v) is 3.07. The second-order valence-corrected chi connectivity index (χ2v) is 6.27. The van der Waals surface area contributed by atoms with Crippen molar-refractivity contribution in [2.24, 2.45) is 0 Å². The number of hydrogen-bond acceptors (Lipinski definition) is 3. The Bertz CT molecular complexity index is 796. The molecule has 0 fully saturated rings. The Labute approximate surface area is 138 Å². The molecule has 0 bridgehead atoms. The Morgan fingerprint density at radius 3 is 2.83 bits per heavy atom. The molecule has 1 aromatic carbocycles. The maximum absolute atomic E-state index is 14.2. The molecule has 0 saturated heterocycles. The number of fused-ring (bicyclic) bond motifs is 1. The maximum Gasteiger partial charge on any atom is 0.265 e. The molecule has 1 unspecified atom stereocenters. The molecule has 1 aliphatic heterocycles. The lowest BCUT2D eigenvalue weighted by Gasteiger charge is -2.39. The highest BCUT2D eigenvalue weighted by atomic mass is 79.9. The van der Waals surface area contributed by atoms with Gasteiger partial charge in [0.05, 0.1) is 11.3 Å². The number of aryl methyl sites for hydroxylation is 1. The van der Waals surface area contributed by atoms with E-state index in [-0.39, 0.29) is 17.8 Å². The fourth-order valence-electron chi connectivity index (χ4n) is 2.71. The number of nitrogens with zero attached hydrogens (tertiary/aromatic N) is 2. The van der Waals surface area contributed by atoms with E-state index >= 15 is 0 Å². The third-order valence-corrected chi connectivity index (χ3v) is 4.33. The van der Waals surface area contributed by atoms with E-state index in [1.54, 1.807) is 6.92 Å². The van der Waals surface area contributed by atoms with Gasteiger partial charge in [0.25, 0.3) is 6.43 Å². The van der Waals surface area contributed by atoms with E-state index in [2.05, 4.69) is 31.2 Å². The summed E-state index contributed by atoms with van der Waals surface area (Å²) in [7, 11) is 0. The van der Waals surface area contributed by atoms with Gasteiger partial charge in [0.1, 0.15) is 23.0 Å². The number of amidine groups is 1. The second kappa shape index (κ2) is 5.59. The molecule has 3 rings (SSSR count). The van der Waals surface area contributed by atoms with E-state index in [1.807, 2.05) is 0 Å². The number of hydrogen-bond donors (Lipinski definition) is 2. The summed E-state index contributed by atoms with van der Waals surface area (Å²) < 4.78 is 42.6. The van der Waals surface area contributed by atoms with Gasteiger partial charge in [0, 0.05) is 22.7 Å². The molecule has 1 atom stereocenters. The van der Waals surface area contributed by atoms with Crippen LogP contribution in [-0.2, 0) is 12.0 Å². The van der Waals surface area contributed by atoms with Gasteiger partial charge in [-0.15, -0.1) is 0 Å². The lowest BCUT2D eigenvalue weighted by Crippen LogP contribution is -2.56. The average Bonchev–Trinajstić information content (AvgIpc) is 2.48. The van der Waals surface area contributed by atoms with Crippen LogP contribution in [0.3, 0.4) is 0 Å². The van der Waals surface area contributed by atoms with Crippen LogP contribution in [-0.4, -0.2) is 22.2 Å². The van der Waals surface area contributed by atoms with E-state index in [0.29, 0.717) is 21.6 Å². The van der Waals surface area contributed by atoms with Crippen LogP contribution in [0.1, 0.15) is 22.6 Å². The first-order valence-corrected chi connectivity index (χ1v) is 7.56. The van der Waals surface area contributed by atoms with Gasteiger partial charge in [0.15, 0.2) is 0 Å². The molecule has 0 radical (unpaired) electrons. The maximum atomic E-state index is 14.2. The predicted octanol–water partition coefficient (Wildman–Crippen LogP) is 3.32. The Hall–Kier alpha value is -1.96. The zero-order chi connectivity index (χ0) is 16.8. The van der Waals surface area contributed by atoms with Crippen molar-refractivity contribution in [2.75, 3.05) is 0 Å². The van der Waals surface area contributed by atoms with Crippen LogP contribution in [0.15, 0.2) is 28.9 Å². The van der Waals surface area contributed by atoms with Crippen molar-refractivity contribution >= 4 is 21.8 Å². The highest BCUT2D eigenvalue weighted by molar-refractivity contribution is 9.10. The minimum Gasteiger partial charge on any atom is -0.355 e. The molecule has 1 aliphatic rings. The number of alkyl halides is 2. The lowest BCUT2D eigenvalue weighted by molar-refractivity contribution is 0.0343. The van der Waals surface area contributed by atoms with Crippen LogP contribution in [0.4, 0.5) is 13.2 Å². The molecule has 2 N–H and O–H groups in total. The van der Waals surface area contributed by atoms with Crippen molar-refractivity contribution in [3.8, 4) is 0 Å².